The molecule has 0 unspecified atom stereocenters. The van der Waals surface area contributed by atoms with E-state index in [4.69, 9.17) is 0 Å². The average molecular weight is 656 g/mol. The number of para-hydroxylation sites is 1. The first-order chi connectivity index (χ1) is 24.7. The van der Waals surface area contributed by atoms with Gasteiger partial charge in [0.2, 0.25) is 0 Å². The summed E-state index contributed by atoms with van der Waals surface area (Å²) in [6.07, 6.45) is 0. The second-order valence-electron chi connectivity index (χ2n) is 13.4. The predicted molar refractivity (Wildman–Crippen MR) is 212 cm³/mol. The van der Waals surface area contributed by atoms with Crippen molar-refractivity contribution in [3.05, 3.63) is 187 Å². The highest BCUT2D eigenvalue weighted by Gasteiger charge is 2.36. The van der Waals surface area contributed by atoms with Crippen LogP contribution in [0.3, 0.4) is 0 Å². The summed E-state index contributed by atoms with van der Waals surface area (Å²) in [7, 11) is 0. The third kappa shape index (κ3) is 3.65. The van der Waals surface area contributed by atoms with Crippen LogP contribution in [0.1, 0.15) is 16.7 Å². The van der Waals surface area contributed by atoms with Crippen molar-refractivity contribution in [3.8, 4) is 11.1 Å². The summed E-state index contributed by atoms with van der Waals surface area (Å²) >= 11 is 1.88. The topological polar surface area (TPSA) is 24.6 Å². The molecule has 0 saturated carbocycles. The molecule has 11 rings (SSSR count). The van der Waals surface area contributed by atoms with Gasteiger partial charge in [0, 0.05) is 52.7 Å². The highest BCUT2D eigenvalue weighted by Crippen LogP contribution is 2.49. The number of benzene rings is 8. The number of hydrogen-bond donors (Lipinski definition) is 1. The number of thiophene rings is 1. The van der Waals surface area contributed by atoms with Crippen LogP contribution in [0.4, 0.5) is 0 Å². The van der Waals surface area contributed by atoms with Crippen LogP contribution < -0.4 is 0 Å². The minimum absolute atomic E-state index is 0.837. The van der Waals surface area contributed by atoms with Crippen molar-refractivity contribution in [3.63, 3.8) is 0 Å². The van der Waals surface area contributed by atoms with Crippen LogP contribution in [0.25, 0.3) is 80.2 Å². The molecule has 3 heteroatoms. The fourth-order valence-corrected chi connectivity index (χ4v) is 9.81. The maximum atomic E-state index is 12.9. The summed E-state index contributed by atoms with van der Waals surface area (Å²) in [4.78, 5) is 0. The smallest absolute Gasteiger partial charge is 0.141 e. The van der Waals surface area contributed by atoms with E-state index in [9.17, 15) is 5.11 Å². The number of aliphatic hydroxyl groups is 1. The molecule has 0 amide bonds. The predicted octanol–water partition coefficient (Wildman–Crippen LogP) is 12.3. The molecule has 2 nitrogen and oxygen atoms in total. The quantitative estimate of drug-likeness (QED) is 0.114. The van der Waals surface area contributed by atoms with E-state index in [2.05, 4.69) is 108 Å². The van der Waals surface area contributed by atoms with Crippen molar-refractivity contribution in [2.45, 2.75) is 5.60 Å². The fraction of sp³-hybridized carbons (Fsp3) is 0.0213. The van der Waals surface area contributed by atoms with Crippen LogP contribution in [-0.4, -0.2) is 9.51 Å². The van der Waals surface area contributed by atoms with Crippen LogP contribution in [-0.2, 0) is 5.60 Å². The van der Waals surface area contributed by atoms with Gasteiger partial charge in [-0.1, -0.05) is 146 Å². The summed E-state index contributed by atoms with van der Waals surface area (Å²) < 4.78 is 5.14. The molecule has 50 heavy (non-hydrogen) atoms. The van der Waals surface area contributed by atoms with Crippen LogP contribution in [0, 0.1) is 0 Å². The second-order valence-corrected chi connectivity index (χ2v) is 14.4. The van der Waals surface area contributed by atoms with Gasteiger partial charge in [-0.2, -0.15) is 0 Å². The molecule has 0 aliphatic rings. The van der Waals surface area contributed by atoms with E-state index in [0.29, 0.717) is 0 Å². The Labute approximate surface area is 292 Å². The Bertz CT molecular complexity index is 3060. The van der Waals surface area contributed by atoms with E-state index in [1.54, 1.807) is 0 Å². The molecular weight excluding hydrogens is 627 g/mol. The highest BCUT2D eigenvalue weighted by molar-refractivity contribution is 7.26. The Morgan fingerprint density at radius 3 is 1.92 bits per heavy atom. The van der Waals surface area contributed by atoms with Gasteiger partial charge in [-0.15, -0.1) is 11.3 Å². The minimum Gasteiger partial charge on any atom is -0.376 e. The molecule has 234 valence electrons. The zero-order chi connectivity index (χ0) is 33.0. The first-order valence-electron chi connectivity index (χ1n) is 17.1. The van der Waals surface area contributed by atoms with Gasteiger partial charge in [0.05, 0.1) is 16.6 Å². The molecule has 3 aromatic heterocycles. The van der Waals surface area contributed by atoms with Crippen molar-refractivity contribution >= 4 is 80.4 Å². The molecule has 0 bridgehead atoms. The van der Waals surface area contributed by atoms with E-state index in [0.717, 1.165) is 33.3 Å². The number of rotatable bonds is 4. The Morgan fingerprint density at radius 1 is 0.460 bits per heavy atom. The van der Waals surface area contributed by atoms with E-state index < -0.39 is 5.60 Å². The Morgan fingerprint density at radius 2 is 1.12 bits per heavy atom. The normalized spacial score (nSPS) is 12.5. The maximum Gasteiger partial charge on any atom is 0.141 e. The van der Waals surface area contributed by atoms with E-state index in [1.807, 2.05) is 78.1 Å². The van der Waals surface area contributed by atoms with Gasteiger partial charge in [-0.25, -0.2) is 0 Å². The van der Waals surface area contributed by atoms with Gasteiger partial charge in [0.1, 0.15) is 5.60 Å². The Hall–Kier alpha value is -6.00. The summed E-state index contributed by atoms with van der Waals surface area (Å²) in [5.74, 6) is 0. The SMILES string of the molecule is OC(c1ccccc1)(c1ccccc1)c1ccccc1-c1ccc2c3ccc4cc5sc6ccccc6c5c5c6ccccc6n(c2c1)c3c45. The largest absolute Gasteiger partial charge is 0.376 e. The lowest BCUT2D eigenvalue weighted by atomic mass is 9.77. The molecule has 8 aromatic carbocycles. The van der Waals surface area contributed by atoms with Gasteiger partial charge in [-0.05, 0) is 51.9 Å². The monoisotopic (exact) mass is 655 g/mol. The van der Waals surface area contributed by atoms with Crippen LogP contribution in [0.5, 0.6) is 0 Å². The molecule has 0 saturated heterocycles. The molecule has 0 fully saturated rings. The van der Waals surface area contributed by atoms with E-state index >= 15 is 0 Å². The summed E-state index contributed by atoms with van der Waals surface area (Å²) in [5, 5.41) is 23.2. The molecule has 11 aromatic rings. The van der Waals surface area contributed by atoms with Crippen LogP contribution >= 0.6 is 11.3 Å². The Kier molecular flexibility index (Phi) is 5.72. The molecule has 0 radical (unpaired) electrons. The highest BCUT2D eigenvalue weighted by atomic mass is 32.1. The molecule has 0 aliphatic heterocycles. The molecular formula is C47H29NOS. The summed E-state index contributed by atoms with van der Waals surface area (Å²) in [6.45, 7) is 0. The lowest BCUT2D eigenvalue weighted by Crippen LogP contribution is -2.29. The van der Waals surface area contributed by atoms with Gasteiger partial charge in [0.25, 0.3) is 0 Å². The fourth-order valence-electron chi connectivity index (χ4n) is 8.65. The molecule has 0 atom stereocenters. The molecule has 0 spiro atoms. The molecule has 1 N–H and O–H groups in total. The van der Waals surface area contributed by atoms with Crippen LogP contribution in [0.2, 0.25) is 0 Å². The summed E-state index contributed by atoms with van der Waals surface area (Å²) in [5.41, 5.74) is 6.87. The number of hydrogen-bond acceptors (Lipinski definition) is 2. The van der Waals surface area contributed by atoms with Crippen molar-refractivity contribution in [2.24, 2.45) is 0 Å². The third-order valence-corrected chi connectivity index (χ3v) is 11.9. The van der Waals surface area contributed by atoms with Gasteiger partial charge in [0.15, 0.2) is 0 Å². The van der Waals surface area contributed by atoms with Gasteiger partial charge < -0.3 is 9.51 Å². The van der Waals surface area contributed by atoms with Crippen molar-refractivity contribution in [2.75, 3.05) is 0 Å². The second kappa shape index (κ2) is 10.3. The number of nitrogens with zero attached hydrogens (tertiary/aromatic N) is 1. The standard InChI is InChI=1S/C47H29NOS/c49-47(31-13-3-1-4-14-31,32-15-5-2-6-16-32)38-20-10-7-17-33(38)29-23-25-34-35-26-24-30-28-42-44(37-19-9-12-22-41(37)50-42)45-36-18-8-11-21-39(36)48(40(34)27-29)46(35)43(30)45/h1-28,49H. The van der Waals surface area contributed by atoms with E-state index in [1.165, 1.54) is 63.5 Å². The van der Waals surface area contributed by atoms with Crippen LogP contribution in [0.15, 0.2) is 170 Å². The summed E-state index contributed by atoms with van der Waals surface area (Å²) in [6, 6.07) is 59.9. The number of pyridine rings is 1. The number of aromatic nitrogens is 1. The zero-order valence-corrected chi connectivity index (χ0v) is 27.8. The minimum atomic E-state index is -1.35. The average Bonchev–Trinajstić information content (AvgIpc) is 3.73. The zero-order valence-electron chi connectivity index (χ0n) is 27.0. The van der Waals surface area contributed by atoms with Gasteiger partial charge in [-0.3, -0.25) is 0 Å². The lowest BCUT2D eigenvalue weighted by Gasteiger charge is -2.32. The molecule has 3 heterocycles. The lowest BCUT2D eigenvalue weighted by molar-refractivity contribution is 0.126. The maximum absolute atomic E-state index is 12.9. The first-order valence-corrected chi connectivity index (χ1v) is 17.9. The third-order valence-electron chi connectivity index (χ3n) is 10.8. The van der Waals surface area contributed by atoms with Crippen molar-refractivity contribution in [1.29, 1.82) is 0 Å². The van der Waals surface area contributed by atoms with Gasteiger partial charge >= 0.3 is 0 Å². The molecule has 0 aliphatic carbocycles. The van der Waals surface area contributed by atoms with Crippen molar-refractivity contribution < 1.29 is 5.11 Å². The Balaban J connectivity index is 1.25. The number of fused-ring (bicyclic) bond motifs is 10. The van der Waals surface area contributed by atoms with E-state index in [-0.39, 0.29) is 0 Å². The van der Waals surface area contributed by atoms with Crippen molar-refractivity contribution in [1.82, 2.24) is 4.40 Å². The first kappa shape index (κ1) is 27.9.